The lowest BCUT2D eigenvalue weighted by molar-refractivity contribution is -0.0286. The minimum absolute atomic E-state index is 0.0302. The molecule has 7 heteroatoms. The van der Waals surface area contributed by atoms with Crippen molar-refractivity contribution < 1.29 is 14.3 Å². The first-order valence-corrected chi connectivity index (χ1v) is 7.31. The molecule has 7 nitrogen and oxygen atoms in total. The first-order valence-electron chi connectivity index (χ1n) is 7.31. The molecule has 22 heavy (non-hydrogen) atoms. The van der Waals surface area contributed by atoms with E-state index in [1.54, 1.807) is 19.2 Å². The number of amides is 1. The summed E-state index contributed by atoms with van der Waals surface area (Å²) in [5.74, 6) is 0.640. The van der Waals surface area contributed by atoms with Gasteiger partial charge in [0, 0.05) is 33.2 Å². The van der Waals surface area contributed by atoms with Crippen LogP contribution in [0.1, 0.15) is 22.3 Å². The van der Waals surface area contributed by atoms with Gasteiger partial charge in [-0.1, -0.05) is 0 Å². The molecular weight excluding hydrogens is 284 g/mol. The van der Waals surface area contributed by atoms with Crippen molar-refractivity contribution in [2.45, 2.75) is 6.29 Å². The Morgan fingerprint density at radius 3 is 2.55 bits per heavy atom. The summed E-state index contributed by atoms with van der Waals surface area (Å²) in [7, 11) is 3.84. The van der Waals surface area contributed by atoms with Crippen LogP contribution in [0.3, 0.4) is 0 Å². The van der Waals surface area contributed by atoms with Gasteiger partial charge in [0.05, 0.1) is 5.56 Å². The molecule has 3 heterocycles. The van der Waals surface area contributed by atoms with Crippen LogP contribution in [-0.2, 0) is 9.47 Å². The Balaban J connectivity index is 1.86. The Bertz CT molecular complexity index is 574. The molecule has 0 bridgehead atoms. The Morgan fingerprint density at radius 1 is 1.23 bits per heavy atom. The molecule has 1 saturated heterocycles. The molecule has 1 N–H and O–H groups in total. The van der Waals surface area contributed by atoms with Crippen LogP contribution in [0.15, 0.2) is 24.7 Å². The third-order valence-corrected chi connectivity index (χ3v) is 3.88. The molecule has 2 aliphatic heterocycles. The fourth-order valence-corrected chi connectivity index (χ4v) is 2.52. The molecule has 0 atom stereocenters. The Hall–Kier alpha value is -2.28. The van der Waals surface area contributed by atoms with Crippen LogP contribution in [0.4, 0.5) is 5.82 Å². The summed E-state index contributed by atoms with van der Waals surface area (Å²) in [6, 6.07) is 3.56. The second kappa shape index (κ2) is 6.23. The molecule has 3 rings (SSSR count). The molecule has 0 unspecified atom stereocenters. The average molecular weight is 304 g/mol. The lowest BCUT2D eigenvalue weighted by atomic mass is 10.1. The molecule has 1 aromatic rings. The lowest BCUT2D eigenvalue weighted by Gasteiger charge is -2.32. The van der Waals surface area contributed by atoms with Crippen LogP contribution in [0.5, 0.6) is 0 Å². The topological polar surface area (TPSA) is 66.9 Å². The maximum Gasteiger partial charge on any atom is 0.284 e. The highest BCUT2D eigenvalue weighted by molar-refractivity contribution is 5.95. The van der Waals surface area contributed by atoms with E-state index in [1.807, 2.05) is 4.90 Å². The van der Waals surface area contributed by atoms with Crippen molar-refractivity contribution in [2.75, 3.05) is 45.6 Å². The number of hydrogen-bond donors (Lipinski definition) is 1. The highest BCUT2D eigenvalue weighted by Crippen LogP contribution is 2.27. The number of carbonyl (C=O) groups excluding carboxylic acids is 1. The number of aromatic nitrogens is 1. The van der Waals surface area contributed by atoms with Gasteiger partial charge < -0.3 is 24.6 Å². The normalized spacial score (nSPS) is 18.9. The van der Waals surface area contributed by atoms with Crippen LogP contribution in [0, 0.1) is 0 Å². The summed E-state index contributed by atoms with van der Waals surface area (Å²) in [6.45, 7) is 3.18. The first-order chi connectivity index (χ1) is 10.7. The van der Waals surface area contributed by atoms with Gasteiger partial charge in [0.2, 0.25) is 0 Å². The fourth-order valence-electron chi connectivity index (χ4n) is 2.52. The smallest absolute Gasteiger partial charge is 0.284 e. The van der Waals surface area contributed by atoms with Crippen molar-refractivity contribution in [3.63, 3.8) is 0 Å². The molecule has 0 radical (unpaired) electrons. The second-order valence-electron chi connectivity index (χ2n) is 5.35. The van der Waals surface area contributed by atoms with Gasteiger partial charge in [-0.3, -0.25) is 4.79 Å². The van der Waals surface area contributed by atoms with E-state index >= 15 is 0 Å². The third kappa shape index (κ3) is 2.85. The zero-order valence-corrected chi connectivity index (χ0v) is 12.8. The van der Waals surface area contributed by atoms with Crippen molar-refractivity contribution in [1.82, 2.24) is 14.8 Å². The van der Waals surface area contributed by atoms with Crippen molar-refractivity contribution >= 4 is 11.7 Å². The molecule has 0 saturated carbocycles. The highest BCUT2D eigenvalue weighted by atomic mass is 16.7. The van der Waals surface area contributed by atoms with E-state index in [1.165, 1.54) is 12.5 Å². The van der Waals surface area contributed by atoms with Gasteiger partial charge in [0.15, 0.2) is 0 Å². The molecule has 2 aliphatic rings. The van der Waals surface area contributed by atoms with Gasteiger partial charge in [-0.2, -0.15) is 0 Å². The predicted octanol–water partition coefficient (Wildman–Crippen LogP) is 1.03. The Kier molecular flexibility index (Phi) is 4.15. The first kappa shape index (κ1) is 14.6. The van der Waals surface area contributed by atoms with Crippen molar-refractivity contribution in [3.8, 4) is 0 Å². The molecule has 0 aliphatic carbocycles. The zero-order valence-electron chi connectivity index (χ0n) is 12.8. The lowest BCUT2D eigenvalue weighted by Crippen LogP contribution is -2.47. The van der Waals surface area contributed by atoms with Crippen molar-refractivity contribution in [1.29, 1.82) is 0 Å². The largest absolute Gasteiger partial charge is 0.454 e. The monoisotopic (exact) mass is 304 g/mol. The number of hydrogen-bond acceptors (Lipinski definition) is 6. The molecule has 0 aromatic carbocycles. The minimum Gasteiger partial charge on any atom is -0.454 e. The minimum atomic E-state index is -0.667. The summed E-state index contributed by atoms with van der Waals surface area (Å²) in [5, 5.41) is 2.97. The standard InChI is InChI=1S/C15H20N4O3/c1-16-12-4-3-11(13(17-12)15-21-9-10-22-15)14(20)19-7-5-18(2)6-8-19/h3-4,9-10,15H,5-8H2,1-2H3,(H,16,17). The average Bonchev–Trinajstić information content (AvgIpc) is 3.08. The molecule has 0 spiro atoms. The number of piperazine rings is 1. The molecule has 118 valence electrons. The van der Waals surface area contributed by atoms with Crippen LogP contribution < -0.4 is 5.32 Å². The second-order valence-corrected chi connectivity index (χ2v) is 5.35. The van der Waals surface area contributed by atoms with E-state index in [4.69, 9.17) is 9.47 Å². The van der Waals surface area contributed by atoms with Gasteiger partial charge in [-0.05, 0) is 19.2 Å². The SMILES string of the molecule is CNc1ccc(C(=O)N2CCN(C)CC2)c(C2OC=CO2)n1. The third-order valence-electron chi connectivity index (χ3n) is 3.88. The van der Waals surface area contributed by atoms with Gasteiger partial charge in [-0.25, -0.2) is 4.98 Å². The summed E-state index contributed by atoms with van der Waals surface area (Å²) >= 11 is 0. The Morgan fingerprint density at radius 2 is 1.91 bits per heavy atom. The van der Waals surface area contributed by atoms with E-state index in [2.05, 4.69) is 22.2 Å². The number of nitrogens with one attached hydrogen (secondary N) is 1. The number of pyridine rings is 1. The number of likely N-dealkylation sites (N-methyl/N-ethyl adjacent to an activating group) is 1. The summed E-state index contributed by atoms with van der Waals surface area (Å²) in [6.07, 6.45) is 2.25. The van der Waals surface area contributed by atoms with Crippen LogP contribution in [0.2, 0.25) is 0 Å². The van der Waals surface area contributed by atoms with E-state index in [0.717, 1.165) is 13.1 Å². The van der Waals surface area contributed by atoms with E-state index < -0.39 is 6.29 Å². The summed E-state index contributed by atoms with van der Waals surface area (Å²) in [4.78, 5) is 21.3. The number of carbonyl (C=O) groups is 1. The van der Waals surface area contributed by atoms with E-state index in [9.17, 15) is 4.79 Å². The van der Waals surface area contributed by atoms with Crippen molar-refractivity contribution in [2.24, 2.45) is 0 Å². The maximum atomic E-state index is 12.8. The summed E-state index contributed by atoms with van der Waals surface area (Å²) < 4.78 is 10.7. The number of nitrogens with zero attached hydrogens (tertiary/aromatic N) is 3. The van der Waals surface area contributed by atoms with Gasteiger partial charge >= 0.3 is 0 Å². The van der Waals surface area contributed by atoms with Gasteiger partial charge in [0.1, 0.15) is 24.0 Å². The number of rotatable bonds is 3. The van der Waals surface area contributed by atoms with Crippen LogP contribution in [-0.4, -0.2) is 61.0 Å². The molecular formula is C15H20N4O3. The summed E-state index contributed by atoms with van der Waals surface area (Å²) in [5.41, 5.74) is 1.03. The fraction of sp³-hybridized carbons (Fsp3) is 0.467. The Labute approximate surface area is 129 Å². The maximum absolute atomic E-state index is 12.8. The molecule has 1 amide bonds. The van der Waals surface area contributed by atoms with E-state index in [-0.39, 0.29) is 5.91 Å². The zero-order chi connectivity index (χ0) is 15.5. The molecule has 1 aromatic heterocycles. The van der Waals surface area contributed by atoms with E-state index in [0.29, 0.717) is 30.2 Å². The van der Waals surface area contributed by atoms with Crippen LogP contribution >= 0.6 is 0 Å². The van der Waals surface area contributed by atoms with Gasteiger partial charge in [-0.15, -0.1) is 0 Å². The van der Waals surface area contributed by atoms with Crippen molar-refractivity contribution in [3.05, 3.63) is 35.9 Å². The van der Waals surface area contributed by atoms with Gasteiger partial charge in [0.25, 0.3) is 12.2 Å². The van der Waals surface area contributed by atoms with Crippen LogP contribution in [0.25, 0.3) is 0 Å². The highest BCUT2D eigenvalue weighted by Gasteiger charge is 2.29. The predicted molar refractivity (Wildman–Crippen MR) is 81.2 cm³/mol. The molecule has 1 fully saturated rings. The number of ether oxygens (including phenoxy) is 2. The number of anilines is 1. The quantitative estimate of drug-likeness (QED) is 0.899.